The van der Waals surface area contributed by atoms with E-state index < -0.39 is 0 Å². The van der Waals surface area contributed by atoms with Gasteiger partial charge in [0.15, 0.2) is 10.3 Å². The van der Waals surface area contributed by atoms with Crippen molar-refractivity contribution in [2.45, 2.75) is 20.4 Å². The molecule has 3 heterocycles. The molecule has 126 valence electrons. The lowest BCUT2D eigenvalue weighted by molar-refractivity contribution is 0.951. The number of aromatic nitrogens is 3. The number of benzene rings is 1. The van der Waals surface area contributed by atoms with Crippen molar-refractivity contribution in [1.82, 2.24) is 14.5 Å². The maximum absolute atomic E-state index is 4.77. The summed E-state index contributed by atoms with van der Waals surface area (Å²) >= 11 is 3.29. The third kappa shape index (κ3) is 3.23. The van der Waals surface area contributed by atoms with Crippen LogP contribution >= 0.6 is 22.7 Å². The Kier molecular flexibility index (Phi) is 4.38. The molecule has 1 N–H and O–H groups in total. The highest BCUT2D eigenvalue weighted by Gasteiger charge is 2.15. The average Bonchev–Trinajstić information content (AvgIpc) is 3.35. The summed E-state index contributed by atoms with van der Waals surface area (Å²) in [7, 11) is 0. The Morgan fingerprint density at radius 3 is 2.72 bits per heavy atom. The Hall–Kier alpha value is -2.44. The van der Waals surface area contributed by atoms with Crippen LogP contribution in [-0.2, 0) is 6.54 Å². The molecule has 0 amide bonds. The van der Waals surface area contributed by atoms with Crippen LogP contribution in [0.5, 0.6) is 0 Å². The van der Waals surface area contributed by atoms with Crippen LogP contribution < -0.4 is 5.32 Å². The average molecular weight is 367 g/mol. The van der Waals surface area contributed by atoms with Crippen LogP contribution in [-0.4, -0.2) is 14.5 Å². The number of rotatable bonds is 5. The van der Waals surface area contributed by atoms with E-state index in [4.69, 9.17) is 4.98 Å². The van der Waals surface area contributed by atoms with Gasteiger partial charge in [-0.05, 0) is 25.5 Å². The Morgan fingerprint density at radius 1 is 1.12 bits per heavy atom. The lowest BCUT2D eigenvalue weighted by atomic mass is 10.2. The van der Waals surface area contributed by atoms with Crippen molar-refractivity contribution in [2.24, 2.45) is 0 Å². The molecular formula is C19H18N4S2. The van der Waals surface area contributed by atoms with Crippen LogP contribution in [0, 0.1) is 13.8 Å². The number of aryl methyl sites for hydroxylation is 1. The molecule has 4 aromatic rings. The van der Waals surface area contributed by atoms with E-state index in [1.165, 1.54) is 17.0 Å². The second kappa shape index (κ2) is 6.82. The standard InChI is InChI=1S/C19H18N4S2/c1-13-10-16(14(2)23(13)19-20-8-9-24-19)17-12-25-18(22-17)21-11-15-6-4-3-5-7-15/h3-10,12H,11H2,1-2H3,(H,21,22). The van der Waals surface area contributed by atoms with E-state index in [1.54, 1.807) is 22.7 Å². The highest BCUT2D eigenvalue weighted by molar-refractivity contribution is 7.14. The molecule has 3 aromatic heterocycles. The van der Waals surface area contributed by atoms with Gasteiger partial charge in [-0.2, -0.15) is 0 Å². The Bertz CT molecular complexity index is 968. The molecule has 4 rings (SSSR count). The van der Waals surface area contributed by atoms with Gasteiger partial charge in [0.2, 0.25) is 0 Å². The molecule has 0 atom stereocenters. The number of thiazole rings is 2. The maximum atomic E-state index is 4.77. The molecule has 0 bridgehead atoms. The van der Waals surface area contributed by atoms with Gasteiger partial charge in [-0.1, -0.05) is 30.3 Å². The number of nitrogens with one attached hydrogen (secondary N) is 1. The highest BCUT2D eigenvalue weighted by Crippen LogP contribution is 2.32. The molecule has 0 saturated carbocycles. The van der Waals surface area contributed by atoms with E-state index in [0.717, 1.165) is 28.1 Å². The van der Waals surface area contributed by atoms with E-state index in [2.05, 4.69) is 64.4 Å². The molecule has 0 aliphatic carbocycles. The summed E-state index contributed by atoms with van der Waals surface area (Å²) in [5.41, 5.74) is 5.77. The van der Waals surface area contributed by atoms with Crippen LogP contribution in [0.1, 0.15) is 17.0 Å². The summed E-state index contributed by atoms with van der Waals surface area (Å²) < 4.78 is 2.19. The van der Waals surface area contributed by atoms with E-state index in [9.17, 15) is 0 Å². The van der Waals surface area contributed by atoms with Crippen molar-refractivity contribution in [3.8, 4) is 16.4 Å². The Morgan fingerprint density at radius 2 is 1.96 bits per heavy atom. The summed E-state index contributed by atoms with van der Waals surface area (Å²) in [6, 6.07) is 12.6. The minimum atomic E-state index is 0.784. The minimum absolute atomic E-state index is 0.784. The number of hydrogen-bond acceptors (Lipinski definition) is 5. The first-order valence-corrected chi connectivity index (χ1v) is 9.81. The quantitative estimate of drug-likeness (QED) is 0.522. The second-order valence-electron chi connectivity index (χ2n) is 5.81. The van der Waals surface area contributed by atoms with Gasteiger partial charge in [0.1, 0.15) is 0 Å². The molecule has 0 fully saturated rings. The molecule has 0 radical (unpaired) electrons. The molecule has 0 spiro atoms. The lowest BCUT2D eigenvalue weighted by Crippen LogP contribution is -1.99. The van der Waals surface area contributed by atoms with Crippen LogP contribution in [0.25, 0.3) is 16.4 Å². The molecule has 6 heteroatoms. The van der Waals surface area contributed by atoms with E-state index in [0.29, 0.717) is 0 Å². The summed E-state index contributed by atoms with van der Waals surface area (Å²) in [4.78, 5) is 9.20. The van der Waals surface area contributed by atoms with Crippen molar-refractivity contribution in [3.05, 3.63) is 70.3 Å². The highest BCUT2D eigenvalue weighted by atomic mass is 32.1. The van der Waals surface area contributed by atoms with Crippen LogP contribution in [0.2, 0.25) is 0 Å². The van der Waals surface area contributed by atoms with Gasteiger partial charge in [0, 0.05) is 40.5 Å². The predicted molar refractivity (Wildman–Crippen MR) is 106 cm³/mol. The van der Waals surface area contributed by atoms with Gasteiger partial charge >= 0.3 is 0 Å². The summed E-state index contributed by atoms with van der Waals surface area (Å²) in [5.74, 6) is 0. The smallest absolute Gasteiger partial charge is 0.193 e. The number of anilines is 1. The topological polar surface area (TPSA) is 42.7 Å². The summed E-state index contributed by atoms with van der Waals surface area (Å²) in [6.45, 7) is 5.02. The van der Waals surface area contributed by atoms with Gasteiger partial charge in [-0.15, -0.1) is 22.7 Å². The van der Waals surface area contributed by atoms with Crippen LogP contribution in [0.4, 0.5) is 5.13 Å². The second-order valence-corrected chi connectivity index (χ2v) is 7.54. The first kappa shape index (κ1) is 16.1. The molecule has 1 aromatic carbocycles. The van der Waals surface area contributed by atoms with Crippen LogP contribution in [0.15, 0.2) is 53.4 Å². The Balaban J connectivity index is 1.57. The lowest BCUT2D eigenvalue weighted by Gasteiger charge is -2.05. The molecule has 0 aliphatic heterocycles. The van der Waals surface area contributed by atoms with Crippen molar-refractivity contribution in [1.29, 1.82) is 0 Å². The normalized spacial score (nSPS) is 11.0. The fourth-order valence-corrected chi connectivity index (χ4v) is 4.36. The van der Waals surface area contributed by atoms with Crippen molar-refractivity contribution in [3.63, 3.8) is 0 Å². The maximum Gasteiger partial charge on any atom is 0.193 e. The zero-order valence-electron chi connectivity index (χ0n) is 14.1. The zero-order valence-corrected chi connectivity index (χ0v) is 15.7. The van der Waals surface area contributed by atoms with Crippen molar-refractivity contribution >= 4 is 27.8 Å². The van der Waals surface area contributed by atoms with Crippen molar-refractivity contribution in [2.75, 3.05) is 5.32 Å². The largest absolute Gasteiger partial charge is 0.357 e. The first-order chi connectivity index (χ1) is 12.2. The summed E-state index contributed by atoms with van der Waals surface area (Å²) in [6.07, 6.45) is 1.84. The third-order valence-electron chi connectivity index (χ3n) is 4.11. The Labute approximate surface area is 154 Å². The molecule has 4 nitrogen and oxygen atoms in total. The van der Waals surface area contributed by atoms with E-state index in [1.807, 2.05) is 17.6 Å². The minimum Gasteiger partial charge on any atom is -0.357 e. The molecule has 25 heavy (non-hydrogen) atoms. The van der Waals surface area contributed by atoms with Gasteiger partial charge in [0.25, 0.3) is 0 Å². The van der Waals surface area contributed by atoms with Gasteiger partial charge in [-0.25, -0.2) is 9.97 Å². The first-order valence-electron chi connectivity index (χ1n) is 8.05. The molecule has 0 unspecified atom stereocenters. The summed E-state index contributed by atoms with van der Waals surface area (Å²) in [5, 5.41) is 9.47. The van der Waals surface area contributed by atoms with E-state index in [-0.39, 0.29) is 0 Å². The van der Waals surface area contributed by atoms with E-state index >= 15 is 0 Å². The fourth-order valence-electron chi connectivity index (χ4n) is 2.90. The monoisotopic (exact) mass is 366 g/mol. The molecule has 0 saturated heterocycles. The predicted octanol–water partition coefficient (Wildman–Crippen LogP) is 5.29. The van der Waals surface area contributed by atoms with Gasteiger partial charge < -0.3 is 5.32 Å². The number of hydrogen-bond donors (Lipinski definition) is 1. The fraction of sp³-hybridized carbons (Fsp3) is 0.158. The number of nitrogens with zero attached hydrogens (tertiary/aromatic N) is 3. The van der Waals surface area contributed by atoms with Crippen molar-refractivity contribution < 1.29 is 0 Å². The third-order valence-corrected chi connectivity index (χ3v) is 5.66. The van der Waals surface area contributed by atoms with Gasteiger partial charge in [0.05, 0.1) is 5.69 Å². The SMILES string of the molecule is Cc1cc(-c2csc(NCc3ccccc3)n2)c(C)n1-c1nccs1. The van der Waals surface area contributed by atoms with Crippen LogP contribution in [0.3, 0.4) is 0 Å². The zero-order chi connectivity index (χ0) is 17.2. The molecule has 0 aliphatic rings. The molecular weight excluding hydrogens is 348 g/mol. The van der Waals surface area contributed by atoms with Gasteiger partial charge in [-0.3, -0.25) is 4.57 Å².